The van der Waals surface area contributed by atoms with Crippen LogP contribution in [0.15, 0.2) is 48.8 Å². The highest BCUT2D eigenvalue weighted by molar-refractivity contribution is 5.34. The summed E-state index contributed by atoms with van der Waals surface area (Å²) in [6, 6.07) is 13.0. The number of pyridine rings is 1. The Morgan fingerprint density at radius 1 is 1.14 bits per heavy atom. The first-order valence-corrected chi connectivity index (χ1v) is 7.42. The molecule has 1 fully saturated rings. The van der Waals surface area contributed by atoms with Crippen molar-refractivity contribution in [1.82, 2.24) is 10.3 Å². The summed E-state index contributed by atoms with van der Waals surface area (Å²) in [6.07, 6.45) is 4.85. The minimum atomic E-state index is 0.0646. The molecule has 110 valence electrons. The number of hydrogen-bond donors (Lipinski definition) is 1. The summed E-state index contributed by atoms with van der Waals surface area (Å²) < 4.78 is 5.34. The molecular formula is C18H22N2O. The Bertz CT molecular complexity index is 610. The normalized spacial score (nSPS) is 24.0. The van der Waals surface area contributed by atoms with Crippen LogP contribution in [0.4, 0.5) is 0 Å². The molecule has 1 aromatic carbocycles. The fourth-order valence-corrected chi connectivity index (χ4v) is 3.37. The fourth-order valence-electron chi connectivity index (χ4n) is 3.37. The summed E-state index contributed by atoms with van der Waals surface area (Å²) in [5.74, 6) is 1.40. The number of hydrogen-bond acceptors (Lipinski definition) is 3. The number of rotatable bonds is 3. The van der Waals surface area contributed by atoms with Gasteiger partial charge in [-0.05, 0) is 55.7 Å². The van der Waals surface area contributed by atoms with E-state index in [0.29, 0.717) is 12.0 Å². The van der Waals surface area contributed by atoms with Gasteiger partial charge in [-0.2, -0.15) is 0 Å². The minimum Gasteiger partial charge on any atom is -0.497 e. The van der Waals surface area contributed by atoms with Gasteiger partial charge in [0.05, 0.1) is 7.11 Å². The Hall–Kier alpha value is -1.87. The quantitative estimate of drug-likeness (QED) is 0.932. The lowest BCUT2D eigenvalue weighted by molar-refractivity contribution is 0.395. The molecule has 3 heteroatoms. The number of ether oxygens (including phenoxy) is 1. The molecule has 0 aliphatic carbocycles. The molecule has 2 aromatic rings. The number of nitrogens with zero attached hydrogens (tertiary/aromatic N) is 1. The van der Waals surface area contributed by atoms with Gasteiger partial charge in [0.2, 0.25) is 0 Å². The van der Waals surface area contributed by atoms with Gasteiger partial charge in [0.25, 0.3) is 0 Å². The van der Waals surface area contributed by atoms with E-state index < -0.39 is 0 Å². The van der Waals surface area contributed by atoms with E-state index in [0.717, 1.165) is 12.2 Å². The van der Waals surface area contributed by atoms with Crippen molar-refractivity contribution < 1.29 is 4.74 Å². The van der Waals surface area contributed by atoms with Crippen LogP contribution in [0.1, 0.15) is 43.4 Å². The Morgan fingerprint density at radius 2 is 1.90 bits per heavy atom. The van der Waals surface area contributed by atoms with Gasteiger partial charge >= 0.3 is 0 Å². The lowest BCUT2D eigenvalue weighted by atomic mass is 9.83. The molecule has 1 aliphatic heterocycles. The van der Waals surface area contributed by atoms with Crippen molar-refractivity contribution in [2.75, 3.05) is 7.11 Å². The second kappa shape index (κ2) is 5.49. The van der Waals surface area contributed by atoms with Gasteiger partial charge in [0, 0.05) is 29.9 Å². The lowest BCUT2D eigenvalue weighted by Gasteiger charge is -2.27. The zero-order chi connectivity index (χ0) is 14.9. The molecule has 1 N–H and O–H groups in total. The van der Waals surface area contributed by atoms with E-state index in [-0.39, 0.29) is 5.54 Å². The smallest absolute Gasteiger partial charge is 0.119 e. The lowest BCUT2D eigenvalue weighted by Crippen LogP contribution is -2.37. The average Bonchev–Trinajstić information content (AvgIpc) is 2.84. The zero-order valence-electron chi connectivity index (χ0n) is 12.8. The first-order valence-electron chi connectivity index (χ1n) is 7.42. The summed E-state index contributed by atoms with van der Waals surface area (Å²) in [7, 11) is 1.71. The maximum absolute atomic E-state index is 5.34. The molecule has 1 aliphatic rings. The van der Waals surface area contributed by atoms with Crippen molar-refractivity contribution in [3.05, 3.63) is 59.9 Å². The van der Waals surface area contributed by atoms with E-state index in [1.54, 1.807) is 7.11 Å². The molecule has 0 radical (unpaired) electrons. The summed E-state index contributed by atoms with van der Waals surface area (Å²) in [5, 5.41) is 3.77. The van der Waals surface area contributed by atoms with Crippen LogP contribution >= 0.6 is 0 Å². The maximum atomic E-state index is 5.34. The molecule has 0 spiro atoms. The van der Waals surface area contributed by atoms with E-state index in [1.807, 2.05) is 18.5 Å². The summed E-state index contributed by atoms with van der Waals surface area (Å²) >= 11 is 0. The fraction of sp³-hybridized carbons (Fsp3) is 0.389. The van der Waals surface area contributed by atoms with Crippen LogP contribution in [0.5, 0.6) is 5.75 Å². The van der Waals surface area contributed by atoms with Gasteiger partial charge in [0.15, 0.2) is 0 Å². The standard InChI is InChI=1S/C18H22N2O/c1-18(2)16(13-7-9-19-10-8-13)12-17(20-18)14-5-4-6-15(11-14)21-3/h4-11,16-17,20H,12H2,1-3H3/t16-,17+/m1/s1. The number of aromatic nitrogens is 1. The molecule has 21 heavy (non-hydrogen) atoms. The van der Waals surface area contributed by atoms with E-state index in [4.69, 9.17) is 4.74 Å². The van der Waals surface area contributed by atoms with Crippen molar-refractivity contribution >= 4 is 0 Å². The molecule has 3 nitrogen and oxygen atoms in total. The Labute approximate surface area is 126 Å². The molecule has 0 amide bonds. The first-order chi connectivity index (χ1) is 10.1. The monoisotopic (exact) mass is 282 g/mol. The maximum Gasteiger partial charge on any atom is 0.119 e. The Balaban J connectivity index is 1.87. The van der Waals surface area contributed by atoms with Crippen LogP contribution in [0.3, 0.4) is 0 Å². The van der Waals surface area contributed by atoms with Gasteiger partial charge in [-0.25, -0.2) is 0 Å². The molecule has 0 bridgehead atoms. The average molecular weight is 282 g/mol. The van der Waals surface area contributed by atoms with Crippen molar-refractivity contribution in [3.8, 4) is 5.75 Å². The predicted molar refractivity (Wildman–Crippen MR) is 84.5 cm³/mol. The molecule has 3 rings (SSSR count). The summed E-state index contributed by atoms with van der Waals surface area (Å²) in [6.45, 7) is 4.55. The third-order valence-corrected chi connectivity index (χ3v) is 4.49. The van der Waals surface area contributed by atoms with Crippen LogP contribution in [0.25, 0.3) is 0 Å². The molecule has 0 saturated carbocycles. The van der Waals surface area contributed by atoms with E-state index in [2.05, 4.69) is 54.5 Å². The molecule has 2 heterocycles. The predicted octanol–water partition coefficient (Wildman–Crippen LogP) is 3.69. The largest absolute Gasteiger partial charge is 0.497 e. The summed E-state index contributed by atoms with van der Waals surface area (Å²) in [5.41, 5.74) is 2.71. The van der Waals surface area contributed by atoms with Crippen molar-refractivity contribution in [2.24, 2.45) is 0 Å². The topological polar surface area (TPSA) is 34.1 Å². The molecule has 1 aromatic heterocycles. The SMILES string of the molecule is COc1cccc([C@@H]2C[C@H](c3ccncc3)C(C)(C)N2)c1. The molecular weight excluding hydrogens is 260 g/mol. The van der Waals surface area contributed by atoms with Crippen LogP contribution in [-0.4, -0.2) is 17.6 Å². The molecule has 1 saturated heterocycles. The van der Waals surface area contributed by atoms with Crippen LogP contribution < -0.4 is 10.1 Å². The number of methoxy groups -OCH3 is 1. The number of nitrogens with one attached hydrogen (secondary N) is 1. The number of benzene rings is 1. The van der Waals surface area contributed by atoms with Gasteiger partial charge in [0.1, 0.15) is 5.75 Å². The van der Waals surface area contributed by atoms with E-state index in [1.165, 1.54) is 11.1 Å². The molecule has 0 unspecified atom stereocenters. The molecule has 2 atom stereocenters. The highest BCUT2D eigenvalue weighted by Gasteiger charge is 2.41. The van der Waals surface area contributed by atoms with Gasteiger partial charge < -0.3 is 10.1 Å². The van der Waals surface area contributed by atoms with Gasteiger partial charge in [-0.3, -0.25) is 4.98 Å². The van der Waals surface area contributed by atoms with E-state index >= 15 is 0 Å². The highest BCUT2D eigenvalue weighted by Crippen LogP contribution is 2.43. The van der Waals surface area contributed by atoms with Gasteiger partial charge in [-0.1, -0.05) is 12.1 Å². The minimum absolute atomic E-state index is 0.0646. The van der Waals surface area contributed by atoms with Crippen LogP contribution in [-0.2, 0) is 0 Å². The Morgan fingerprint density at radius 3 is 2.62 bits per heavy atom. The van der Waals surface area contributed by atoms with Crippen molar-refractivity contribution in [1.29, 1.82) is 0 Å². The van der Waals surface area contributed by atoms with Crippen LogP contribution in [0, 0.1) is 0 Å². The summed E-state index contributed by atoms with van der Waals surface area (Å²) in [4.78, 5) is 4.13. The van der Waals surface area contributed by atoms with Crippen molar-refractivity contribution in [2.45, 2.75) is 37.8 Å². The second-order valence-electron chi connectivity index (χ2n) is 6.26. The first kappa shape index (κ1) is 14.1. The zero-order valence-corrected chi connectivity index (χ0v) is 12.8. The third-order valence-electron chi connectivity index (χ3n) is 4.49. The second-order valence-corrected chi connectivity index (χ2v) is 6.26. The van der Waals surface area contributed by atoms with E-state index in [9.17, 15) is 0 Å². The van der Waals surface area contributed by atoms with Crippen molar-refractivity contribution in [3.63, 3.8) is 0 Å². The van der Waals surface area contributed by atoms with Gasteiger partial charge in [-0.15, -0.1) is 0 Å². The highest BCUT2D eigenvalue weighted by atomic mass is 16.5. The van der Waals surface area contributed by atoms with Crippen LogP contribution in [0.2, 0.25) is 0 Å². The third kappa shape index (κ3) is 2.79. The Kier molecular flexibility index (Phi) is 3.68.